The molecule has 2 aliphatic heterocycles. The Morgan fingerprint density at radius 3 is 2.33 bits per heavy atom. The number of fused-ring (bicyclic) bond motifs is 1. The smallest absolute Gasteiger partial charge is 0.300 e. The predicted molar refractivity (Wildman–Crippen MR) is 125 cm³/mol. The van der Waals surface area contributed by atoms with E-state index in [-0.39, 0.29) is 11.3 Å². The number of amides is 1. The first kappa shape index (κ1) is 20.8. The lowest BCUT2D eigenvalue weighted by Gasteiger charge is -2.27. The van der Waals surface area contributed by atoms with Crippen molar-refractivity contribution in [2.24, 2.45) is 0 Å². The predicted octanol–water partition coefficient (Wildman–Crippen LogP) is 4.70. The molecule has 3 aromatic rings. The Kier molecular flexibility index (Phi) is 5.13. The van der Waals surface area contributed by atoms with Crippen LogP contribution in [0.3, 0.4) is 0 Å². The van der Waals surface area contributed by atoms with E-state index in [1.165, 1.54) is 4.90 Å². The lowest BCUT2D eigenvalue weighted by atomic mass is 9.94. The van der Waals surface area contributed by atoms with Gasteiger partial charge in [-0.1, -0.05) is 42.5 Å². The number of rotatable bonds is 3. The second kappa shape index (κ2) is 8.13. The van der Waals surface area contributed by atoms with E-state index in [1.54, 1.807) is 24.3 Å². The van der Waals surface area contributed by atoms with Crippen molar-refractivity contribution in [1.82, 2.24) is 0 Å². The standard InChI is InChI=1S/C27H23NO5/c1-16-8-9-19(14-17(16)2)25(29)23-24(18-6-4-3-5-7-18)28(27(31)26(23)30)20-10-11-21-22(15-20)33-13-12-32-21/h3-11,14-15,24,29H,12-13H2,1-2H3/b25-23+. The summed E-state index contributed by atoms with van der Waals surface area (Å²) in [6, 6.07) is 19.1. The minimum absolute atomic E-state index is 0.0596. The Labute approximate surface area is 191 Å². The van der Waals surface area contributed by atoms with Crippen LogP contribution in [0.25, 0.3) is 5.76 Å². The number of carbonyl (C=O) groups excluding carboxylic acids is 2. The number of hydrogen-bond acceptors (Lipinski definition) is 5. The quantitative estimate of drug-likeness (QED) is 0.362. The Bertz CT molecular complexity index is 1300. The van der Waals surface area contributed by atoms with Gasteiger partial charge in [-0.3, -0.25) is 14.5 Å². The molecule has 166 valence electrons. The second-order valence-electron chi connectivity index (χ2n) is 8.21. The SMILES string of the molecule is Cc1ccc(/C(O)=C2\C(=O)C(=O)N(c3ccc4c(c3)OCCO4)C2c2ccccc2)cc1C. The van der Waals surface area contributed by atoms with Gasteiger partial charge in [-0.2, -0.15) is 0 Å². The Morgan fingerprint density at radius 1 is 0.879 bits per heavy atom. The molecule has 2 heterocycles. The van der Waals surface area contributed by atoms with Crippen LogP contribution in [0.15, 0.2) is 72.3 Å². The highest BCUT2D eigenvalue weighted by Gasteiger charge is 2.47. The summed E-state index contributed by atoms with van der Waals surface area (Å²) in [5, 5.41) is 11.2. The van der Waals surface area contributed by atoms with E-state index in [0.717, 1.165) is 16.7 Å². The molecule has 6 heteroatoms. The van der Waals surface area contributed by atoms with E-state index in [0.29, 0.717) is 36.0 Å². The van der Waals surface area contributed by atoms with Crippen molar-refractivity contribution >= 4 is 23.1 Å². The molecule has 1 saturated heterocycles. The molecule has 1 unspecified atom stereocenters. The van der Waals surface area contributed by atoms with Gasteiger partial charge in [-0.05, 0) is 48.7 Å². The summed E-state index contributed by atoms with van der Waals surface area (Å²) < 4.78 is 11.3. The second-order valence-corrected chi connectivity index (χ2v) is 8.21. The van der Waals surface area contributed by atoms with E-state index in [1.807, 2.05) is 56.3 Å². The van der Waals surface area contributed by atoms with Crippen LogP contribution in [-0.4, -0.2) is 30.0 Å². The Hall–Kier alpha value is -4.06. The number of ether oxygens (including phenoxy) is 2. The molecule has 0 aliphatic carbocycles. The molecule has 0 radical (unpaired) electrons. The maximum atomic E-state index is 13.3. The van der Waals surface area contributed by atoms with E-state index in [2.05, 4.69) is 0 Å². The average molecular weight is 441 g/mol. The topological polar surface area (TPSA) is 76.1 Å². The highest BCUT2D eigenvalue weighted by molar-refractivity contribution is 6.51. The fraction of sp³-hybridized carbons (Fsp3) is 0.185. The van der Waals surface area contributed by atoms with Gasteiger partial charge in [0.1, 0.15) is 19.0 Å². The molecular weight excluding hydrogens is 418 g/mol. The molecule has 1 amide bonds. The first-order valence-electron chi connectivity index (χ1n) is 10.8. The van der Waals surface area contributed by atoms with Crippen molar-refractivity contribution in [3.05, 3.63) is 94.6 Å². The van der Waals surface area contributed by atoms with Gasteiger partial charge in [-0.15, -0.1) is 0 Å². The maximum Gasteiger partial charge on any atom is 0.300 e. The summed E-state index contributed by atoms with van der Waals surface area (Å²) in [7, 11) is 0. The molecule has 0 bridgehead atoms. The molecular formula is C27H23NO5. The summed E-state index contributed by atoms with van der Waals surface area (Å²) in [5.41, 5.74) is 3.83. The molecule has 0 spiro atoms. The third-order valence-electron chi connectivity index (χ3n) is 6.14. The highest BCUT2D eigenvalue weighted by atomic mass is 16.6. The zero-order valence-corrected chi connectivity index (χ0v) is 18.4. The number of benzene rings is 3. The fourth-order valence-electron chi connectivity index (χ4n) is 4.28. The zero-order valence-electron chi connectivity index (χ0n) is 18.4. The van der Waals surface area contributed by atoms with Gasteiger partial charge in [0.05, 0.1) is 11.6 Å². The van der Waals surface area contributed by atoms with Crippen LogP contribution in [0.1, 0.15) is 28.3 Å². The maximum absolute atomic E-state index is 13.3. The fourth-order valence-corrected chi connectivity index (χ4v) is 4.28. The van der Waals surface area contributed by atoms with Crippen LogP contribution in [-0.2, 0) is 9.59 Å². The molecule has 1 fully saturated rings. The summed E-state index contributed by atoms with van der Waals surface area (Å²) in [6.07, 6.45) is 0. The molecule has 0 saturated carbocycles. The molecule has 6 nitrogen and oxygen atoms in total. The van der Waals surface area contributed by atoms with Gasteiger partial charge < -0.3 is 14.6 Å². The van der Waals surface area contributed by atoms with E-state index < -0.39 is 17.7 Å². The van der Waals surface area contributed by atoms with Crippen LogP contribution in [0.5, 0.6) is 11.5 Å². The molecule has 5 rings (SSSR count). The van der Waals surface area contributed by atoms with Crippen molar-refractivity contribution in [2.45, 2.75) is 19.9 Å². The number of aliphatic hydroxyl groups is 1. The van der Waals surface area contributed by atoms with Crippen LogP contribution < -0.4 is 14.4 Å². The number of ketones is 1. The van der Waals surface area contributed by atoms with Gasteiger partial charge in [0, 0.05) is 17.3 Å². The number of hydrogen-bond donors (Lipinski definition) is 1. The summed E-state index contributed by atoms with van der Waals surface area (Å²) >= 11 is 0. The van der Waals surface area contributed by atoms with E-state index in [9.17, 15) is 14.7 Å². The van der Waals surface area contributed by atoms with E-state index in [4.69, 9.17) is 9.47 Å². The largest absolute Gasteiger partial charge is 0.507 e. The van der Waals surface area contributed by atoms with Gasteiger partial charge in [0.15, 0.2) is 11.5 Å². The molecule has 3 aromatic carbocycles. The van der Waals surface area contributed by atoms with Crippen molar-refractivity contribution in [3.63, 3.8) is 0 Å². The minimum atomic E-state index is -0.782. The molecule has 33 heavy (non-hydrogen) atoms. The number of nitrogens with zero attached hydrogens (tertiary/aromatic N) is 1. The third kappa shape index (κ3) is 3.53. The van der Waals surface area contributed by atoms with Gasteiger partial charge in [0.2, 0.25) is 0 Å². The lowest BCUT2D eigenvalue weighted by molar-refractivity contribution is -0.132. The van der Waals surface area contributed by atoms with Crippen molar-refractivity contribution < 1.29 is 24.2 Å². The van der Waals surface area contributed by atoms with Crippen LogP contribution in [0.2, 0.25) is 0 Å². The van der Waals surface area contributed by atoms with Gasteiger partial charge in [-0.25, -0.2) is 0 Å². The monoisotopic (exact) mass is 441 g/mol. The molecule has 2 aliphatic rings. The minimum Gasteiger partial charge on any atom is -0.507 e. The highest BCUT2D eigenvalue weighted by Crippen LogP contribution is 2.44. The molecule has 1 atom stereocenters. The van der Waals surface area contributed by atoms with Crippen molar-refractivity contribution in [2.75, 3.05) is 18.1 Å². The number of Topliss-reactive ketones (excluding diaryl/α,β-unsaturated/α-hetero) is 1. The van der Waals surface area contributed by atoms with Crippen molar-refractivity contribution in [1.29, 1.82) is 0 Å². The number of anilines is 1. The summed E-state index contributed by atoms with van der Waals surface area (Å²) in [6.45, 7) is 4.78. The zero-order chi connectivity index (χ0) is 23.1. The lowest BCUT2D eigenvalue weighted by Crippen LogP contribution is -2.29. The normalized spacial score (nSPS) is 19.1. The van der Waals surface area contributed by atoms with Crippen LogP contribution in [0.4, 0.5) is 5.69 Å². The van der Waals surface area contributed by atoms with E-state index >= 15 is 0 Å². The van der Waals surface area contributed by atoms with Gasteiger partial charge >= 0.3 is 0 Å². The van der Waals surface area contributed by atoms with Crippen molar-refractivity contribution in [3.8, 4) is 11.5 Å². The van der Waals surface area contributed by atoms with Gasteiger partial charge in [0.25, 0.3) is 11.7 Å². The first-order valence-corrected chi connectivity index (χ1v) is 10.8. The van der Waals surface area contributed by atoms with Crippen LogP contribution in [0, 0.1) is 13.8 Å². The number of carbonyl (C=O) groups is 2. The molecule has 1 N–H and O–H groups in total. The third-order valence-corrected chi connectivity index (χ3v) is 6.14. The van der Waals surface area contributed by atoms with Crippen LogP contribution >= 0.6 is 0 Å². The number of aliphatic hydroxyl groups excluding tert-OH is 1. The Morgan fingerprint density at radius 2 is 1.61 bits per heavy atom. The summed E-state index contributed by atoms with van der Waals surface area (Å²) in [5.74, 6) is -0.514. The number of aryl methyl sites for hydroxylation is 2. The first-order chi connectivity index (χ1) is 16.0. The summed E-state index contributed by atoms with van der Waals surface area (Å²) in [4.78, 5) is 28.0. The Balaban J connectivity index is 1.69. The molecule has 0 aromatic heterocycles. The average Bonchev–Trinajstić information content (AvgIpc) is 3.11.